The second-order valence-electron chi connectivity index (χ2n) is 3.54. The Labute approximate surface area is 72.7 Å². The lowest BCUT2D eigenvalue weighted by Gasteiger charge is -2.35. The zero-order chi connectivity index (χ0) is 9.30. The molecule has 0 spiro atoms. The summed E-state index contributed by atoms with van der Waals surface area (Å²) in [7, 11) is 0. The van der Waals surface area contributed by atoms with Crippen LogP contribution in [0.2, 0.25) is 0 Å². The lowest BCUT2D eigenvalue weighted by molar-refractivity contribution is -0.150. The molecule has 0 aromatic rings. The van der Waals surface area contributed by atoms with Crippen LogP contribution in [0.5, 0.6) is 0 Å². The second-order valence-corrected chi connectivity index (χ2v) is 3.54. The van der Waals surface area contributed by atoms with Crippen molar-refractivity contribution in [3.8, 4) is 0 Å². The smallest absolute Gasteiger partial charge is 0.229 e. The fourth-order valence-corrected chi connectivity index (χ4v) is 1.66. The molecule has 2 atom stereocenters. The summed E-state index contributed by atoms with van der Waals surface area (Å²) in [6.45, 7) is 5.46. The van der Waals surface area contributed by atoms with Crippen LogP contribution >= 0.6 is 0 Å². The number of hydrogen-bond donors (Lipinski definition) is 0. The molecule has 0 N–H and O–H groups in total. The van der Waals surface area contributed by atoms with E-state index in [1.807, 2.05) is 6.92 Å². The van der Waals surface area contributed by atoms with Crippen LogP contribution in [0.3, 0.4) is 0 Å². The molecule has 0 aliphatic carbocycles. The van der Waals surface area contributed by atoms with Crippen molar-refractivity contribution in [1.29, 1.82) is 0 Å². The largest absolute Gasteiger partial charge is 0.280 e. The fraction of sp³-hybridized carbons (Fsp3) is 0.778. The van der Waals surface area contributed by atoms with E-state index in [0.717, 1.165) is 6.42 Å². The van der Waals surface area contributed by atoms with Gasteiger partial charge in [-0.3, -0.25) is 14.5 Å². The third-order valence-corrected chi connectivity index (χ3v) is 2.65. The maximum Gasteiger partial charge on any atom is 0.229 e. The molecular weight excluding hydrogens is 154 g/mol. The molecule has 0 aromatic carbocycles. The first-order valence-corrected chi connectivity index (χ1v) is 4.36. The summed E-state index contributed by atoms with van der Waals surface area (Å²) >= 11 is 0. The minimum absolute atomic E-state index is 0.0203. The number of piperidine rings is 1. The Hall–Kier alpha value is -0.860. The van der Waals surface area contributed by atoms with Gasteiger partial charge in [0.2, 0.25) is 11.8 Å². The first-order chi connectivity index (χ1) is 5.54. The Morgan fingerprint density at radius 1 is 1.50 bits per heavy atom. The van der Waals surface area contributed by atoms with Gasteiger partial charge in [0.1, 0.15) is 0 Å². The van der Waals surface area contributed by atoms with E-state index in [-0.39, 0.29) is 17.9 Å². The van der Waals surface area contributed by atoms with E-state index in [2.05, 4.69) is 6.92 Å². The number of carbonyl (C=O) groups is 2. The minimum atomic E-state index is -0.126. The first-order valence-electron chi connectivity index (χ1n) is 4.36. The van der Waals surface area contributed by atoms with E-state index in [9.17, 15) is 9.59 Å². The zero-order valence-corrected chi connectivity index (χ0v) is 7.83. The number of nitrogens with zero attached hydrogens (tertiary/aromatic N) is 1. The van der Waals surface area contributed by atoms with Crippen LogP contribution in [-0.4, -0.2) is 22.8 Å². The number of hydrogen-bond acceptors (Lipinski definition) is 2. The average molecular weight is 169 g/mol. The van der Waals surface area contributed by atoms with Gasteiger partial charge >= 0.3 is 0 Å². The maximum absolute atomic E-state index is 11.3. The van der Waals surface area contributed by atoms with Crippen LogP contribution in [0.4, 0.5) is 0 Å². The molecule has 0 aromatic heterocycles. The maximum atomic E-state index is 11.3. The van der Waals surface area contributed by atoms with E-state index in [4.69, 9.17) is 0 Å². The molecule has 68 valence electrons. The Balaban J connectivity index is 2.78. The highest BCUT2D eigenvalue weighted by Gasteiger charge is 2.32. The molecule has 0 unspecified atom stereocenters. The Bertz CT molecular complexity index is 213. The summed E-state index contributed by atoms with van der Waals surface area (Å²) in [5.74, 6) is 0.291. The van der Waals surface area contributed by atoms with Gasteiger partial charge in [-0.05, 0) is 19.3 Å². The van der Waals surface area contributed by atoms with Gasteiger partial charge in [-0.2, -0.15) is 0 Å². The minimum Gasteiger partial charge on any atom is -0.280 e. The van der Waals surface area contributed by atoms with Crippen LogP contribution in [0, 0.1) is 5.92 Å². The molecule has 12 heavy (non-hydrogen) atoms. The predicted molar refractivity (Wildman–Crippen MR) is 45.4 cm³/mol. The number of carbonyl (C=O) groups excluding carboxylic acids is 2. The predicted octanol–water partition coefficient (Wildman–Crippen LogP) is 1.18. The summed E-state index contributed by atoms with van der Waals surface area (Å²) in [6, 6.07) is 0.0729. The molecule has 1 aliphatic rings. The van der Waals surface area contributed by atoms with Crippen molar-refractivity contribution in [3.05, 3.63) is 0 Å². The van der Waals surface area contributed by atoms with E-state index < -0.39 is 0 Å². The number of rotatable bonds is 0. The average Bonchev–Trinajstić information content (AvgIpc) is 1.97. The summed E-state index contributed by atoms with van der Waals surface area (Å²) in [5.41, 5.74) is 0. The van der Waals surface area contributed by atoms with Crippen molar-refractivity contribution >= 4 is 11.8 Å². The lowest BCUT2D eigenvalue weighted by atomic mass is 9.91. The highest BCUT2D eigenvalue weighted by molar-refractivity contribution is 5.95. The molecule has 0 saturated carbocycles. The highest BCUT2D eigenvalue weighted by atomic mass is 16.2. The SMILES string of the molecule is CC(=O)N1C(=O)CC[C@H](C)[C@@H]1C. The van der Waals surface area contributed by atoms with Gasteiger partial charge in [0, 0.05) is 19.4 Å². The Kier molecular flexibility index (Phi) is 2.50. The molecule has 1 saturated heterocycles. The summed E-state index contributed by atoms with van der Waals surface area (Å²) in [4.78, 5) is 23.8. The molecule has 1 aliphatic heterocycles. The lowest BCUT2D eigenvalue weighted by Crippen LogP contribution is -2.48. The van der Waals surface area contributed by atoms with Gasteiger partial charge in [0.05, 0.1) is 0 Å². The van der Waals surface area contributed by atoms with Crippen molar-refractivity contribution in [2.75, 3.05) is 0 Å². The van der Waals surface area contributed by atoms with Gasteiger partial charge in [0.25, 0.3) is 0 Å². The molecule has 1 rings (SSSR count). The molecule has 1 fully saturated rings. The number of likely N-dealkylation sites (tertiary alicyclic amines) is 1. The second kappa shape index (κ2) is 3.25. The van der Waals surface area contributed by atoms with Gasteiger partial charge < -0.3 is 0 Å². The molecule has 1 heterocycles. The third kappa shape index (κ3) is 1.49. The van der Waals surface area contributed by atoms with Crippen LogP contribution in [-0.2, 0) is 9.59 Å². The number of amides is 2. The number of imide groups is 1. The van der Waals surface area contributed by atoms with Crippen molar-refractivity contribution in [2.24, 2.45) is 5.92 Å². The standard InChI is InChI=1S/C9H15NO2/c1-6-4-5-9(12)10(7(6)2)8(3)11/h6-7H,4-5H2,1-3H3/t6-,7-/m0/s1. The Morgan fingerprint density at radius 2 is 2.08 bits per heavy atom. The van der Waals surface area contributed by atoms with Gasteiger partial charge in [-0.1, -0.05) is 6.92 Å². The van der Waals surface area contributed by atoms with Crippen molar-refractivity contribution in [3.63, 3.8) is 0 Å². The quantitative estimate of drug-likeness (QED) is 0.546. The van der Waals surface area contributed by atoms with Crippen molar-refractivity contribution < 1.29 is 9.59 Å². The van der Waals surface area contributed by atoms with Gasteiger partial charge in [-0.25, -0.2) is 0 Å². The Morgan fingerprint density at radius 3 is 2.50 bits per heavy atom. The first kappa shape index (κ1) is 9.23. The summed E-state index contributed by atoms with van der Waals surface area (Å²) < 4.78 is 0. The van der Waals surface area contributed by atoms with Crippen molar-refractivity contribution in [1.82, 2.24) is 4.90 Å². The zero-order valence-electron chi connectivity index (χ0n) is 7.83. The highest BCUT2D eigenvalue weighted by Crippen LogP contribution is 2.23. The normalized spacial score (nSPS) is 30.6. The van der Waals surface area contributed by atoms with E-state index >= 15 is 0 Å². The molecule has 2 amide bonds. The summed E-state index contributed by atoms with van der Waals surface area (Å²) in [5, 5.41) is 0. The van der Waals surface area contributed by atoms with E-state index in [1.165, 1.54) is 11.8 Å². The topological polar surface area (TPSA) is 37.4 Å². The monoisotopic (exact) mass is 169 g/mol. The molecule has 3 nitrogen and oxygen atoms in total. The molecule has 0 bridgehead atoms. The van der Waals surface area contributed by atoms with Crippen molar-refractivity contribution in [2.45, 2.75) is 39.7 Å². The molecular formula is C9H15NO2. The fourth-order valence-electron chi connectivity index (χ4n) is 1.66. The van der Waals surface area contributed by atoms with Crippen LogP contribution in [0.25, 0.3) is 0 Å². The third-order valence-electron chi connectivity index (χ3n) is 2.65. The molecule has 3 heteroatoms. The van der Waals surface area contributed by atoms with Crippen LogP contribution < -0.4 is 0 Å². The van der Waals surface area contributed by atoms with Crippen LogP contribution in [0.15, 0.2) is 0 Å². The molecule has 0 radical (unpaired) electrons. The van der Waals surface area contributed by atoms with Gasteiger partial charge in [-0.15, -0.1) is 0 Å². The summed E-state index contributed by atoms with van der Waals surface area (Å²) in [6.07, 6.45) is 1.43. The van der Waals surface area contributed by atoms with E-state index in [0.29, 0.717) is 12.3 Å². The van der Waals surface area contributed by atoms with E-state index in [1.54, 1.807) is 0 Å². The van der Waals surface area contributed by atoms with Gasteiger partial charge in [0.15, 0.2) is 0 Å². The van der Waals surface area contributed by atoms with Crippen LogP contribution in [0.1, 0.15) is 33.6 Å².